The first kappa shape index (κ1) is 18.9. The van der Waals surface area contributed by atoms with Crippen LogP contribution in [0.2, 0.25) is 0 Å². The number of carbonyl (C=O) groups is 2. The highest BCUT2D eigenvalue weighted by Gasteiger charge is 2.25. The molecule has 23 heavy (non-hydrogen) atoms. The first-order valence-corrected chi connectivity index (χ1v) is 6.86. The average Bonchev–Trinajstić information content (AvgIpc) is 2.51. The molecule has 0 unspecified atom stereocenters. The summed E-state index contributed by atoms with van der Waals surface area (Å²) in [5.41, 5.74) is 12.2. The van der Waals surface area contributed by atoms with Crippen LogP contribution in [0.3, 0.4) is 0 Å². The Balaban J connectivity index is 0.00000264. The maximum atomic E-state index is 12.4. The van der Waals surface area contributed by atoms with Gasteiger partial charge in [-0.2, -0.15) is 0 Å². The molecule has 1 aromatic carbocycles. The van der Waals surface area contributed by atoms with Crippen LogP contribution in [-0.2, 0) is 11.2 Å². The zero-order chi connectivity index (χ0) is 16.1. The fraction of sp³-hybridized carbons (Fsp3) is 0.333. The van der Waals surface area contributed by atoms with Gasteiger partial charge in [-0.25, -0.2) is 4.39 Å². The molecule has 1 heterocycles. The van der Waals surface area contributed by atoms with Crippen LogP contribution in [0.4, 0.5) is 4.39 Å². The first-order chi connectivity index (χ1) is 10.5. The predicted molar refractivity (Wildman–Crippen MR) is 86.2 cm³/mol. The molecule has 0 atom stereocenters. The molecule has 0 spiro atoms. The maximum Gasteiger partial charge on any atom is 0.254 e. The number of hydrogen-bond donors (Lipinski definition) is 2. The second kappa shape index (κ2) is 8.50. The van der Waals surface area contributed by atoms with Gasteiger partial charge in [0.05, 0.1) is 12.9 Å². The van der Waals surface area contributed by atoms with E-state index >= 15 is 0 Å². The second-order valence-corrected chi connectivity index (χ2v) is 5.02. The van der Waals surface area contributed by atoms with E-state index in [1.165, 1.54) is 4.90 Å². The number of hydrogen-bond acceptors (Lipinski definition) is 4. The van der Waals surface area contributed by atoms with Crippen molar-refractivity contribution in [3.63, 3.8) is 0 Å². The van der Waals surface area contributed by atoms with Crippen LogP contribution < -0.4 is 16.2 Å². The summed E-state index contributed by atoms with van der Waals surface area (Å²) in [5, 5.41) is 0. The molecular weight excluding hydrogens is 325 g/mol. The zero-order valence-corrected chi connectivity index (χ0v) is 13.3. The summed E-state index contributed by atoms with van der Waals surface area (Å²) in [6, 6.07) is 5.03. The number of benzene rings is 1. The summed E-state index contributed by atoms with van der Waals surface area (Å²) >= 11 is 0. The van der Waals surface area contributed by atoms with E-state index in [9.17, 15) is 14.0 Å². The minimum Gasteiger partial charge on any atom is -0.489 e. The van der Waals surface area contributed by atoms with Crippen LogP contribution in [0.1, 0.15) is 15.9 Å². The van der Waals surface area contributed by atoms with E-state index in [1.807, 2.05) is 0 Å². The van der Waals surface area contributed by atoms with Gasteiger partial charge >= 0.3 is 0 Å². The third-order valence-electron chi connectivity index (χ3n) is 3.43. The first-order valence-electron chi connectivity index (χ1n) is 6.86. The van der Waals surface area contributed by atoms with Gasteiger partial charge in [-0.05, 0) is 30.2 Å². The van der Waals surface area contributed by atoms with Gasteiger partial charge in [0, 0.05) is 24.2 Å². The summed E-state index contributed by atoms with van der Waals surface area (Å²) in [7, 11) is 0. The normalized spacial score (nSPS) is 14.1. The number of halogens is 2. The number of rotatable bonds is 6. The molecule has 1 aliphatic heterocycles. The van der Waals surface area contributed by atoms with Gasteiger partial charge in [0.2, 0.25) is 5.91 Å². The van der Waals surface area contributed by atoms with Crippen LogP contribution in [0, 0.1) is 0 Å². The highest BCUT2D eigenvalue weighted by Crippen LogP contribution is 2.24. The van der Waals surface area contributed by atoms with Crippen LogP contribution in [-0.4, -0.2) is 43.0 Å². The van der Waals surface area contributed by atoms with E-state index in [2.05, 4.69) is 0 Å². The Hall–Kier alpha value is -2.12. The Morgan fingerprint density at radius 3 is 2.78 bits per heavy atom. The van der Waals surface area contributed by atoms with Gasteiger partial charge in [0.1, 0.15) is 12.4 Å². The van der Waals surface area contributed by atoms with Crippen molar-refractivity contribution in [2.45, 2.75) is 6.42 Å². The van der Waals surface area contributed by atoms with E-state index in [4.69, 9.17) is 16.2 Å². The molecule has 1 aromatic rings. The summed E-state index contributed by atoms with van der Waals surface area (Å²) in [4.78, 5) is 24.6. The Morgan fingerprint density at radius 1 is 1.43 bits per heavy atom. The third kappa shape index (κ3) is 4.67. The van der Waals surface area contributed by atoms with Crippen molar-refractivity contribution in [2.75, 3.05) is 26.2 Å². The third-order valence-corrected chi connectivity index (χ3v) is 3.43. The van der Waals surface area contributed by atoms with E-state index in [-0.39, 0.29) is 38.0 Å². The minimum atomic E-state index is -0.538. The molecule has 2 amide bonds. The largest absolute Gasteiger partial charge is 0.489 e. The summed E-state index contributed by atoms with van der Waals surface area (Å²) < 4.78 is 17.9. The van der Waals surface area contributed by atoms with Gasteiger partial charge in [-0.15, -0.1) is 12.4 Å². The molecule has 1 aliphatic rings. The molecule has 0 aromatic heterocycles. The topological polar surface area (TPSA) is 98.7 Å². The second-order valence-electron chi connectivity index (χ2n) is 5.02. The fourth-order valence-electron chi connectivity index (χ4n) is 2.25. The van der Waals surface area contributed by atoms with Gasteiger partial charge in [0.25, 0.3) is 5.91 Å². The van der Waals surface area contributed by atoms with Crippen LogP contribution in [0.15, 0.2) is 30.1 Å². The van der Waals surface area contributed by atoms with Crippen LogP contribution >= 0.6 is 12.4 Å². The lowest BCUT2D eigenvalue weighted by molar-refractivity contribution is -0.118. The molecule has 0 radical (unpaired) electrons. The Kier molecular flexibility index (Phi) is 6.99. The minimum absolute atomic E-state index is 0. The average molecular weight is 344 g/mol. The molecule has 4 N–H and O–H groups in total. The predicted octanol–water partition coefficient (Wildman–Crippen LogP) is 0.783. The number of carbonyl (C=O) groups excluding carboxylic acids is 2. The van der Waals surface area contributed by atoms with Crippen molar-refractivity contribution >= 4 is 24.2 Å². The molecule has 0 bridgehead atoms. The zero-order valence-electron chi connectivity index (χ0n) is 12.5. The molecule has 8 heteroatoms. The van der Waals surface area contributed by atoms with Crippen molar-refractivity contribution in [2.24, 2.45) is 11.5 Å². The summed E-state index contributed by atoms with van der Waals surface area (Å²) in [6.45, 7) is 0.490. The Bertz CT molecular complexity index is 622. The van der Waals surface area contributed by atoms with E-state index < -0.39 is 5.91 Å². The molecule has 126 valence electrons. The molecule has 6 nitrogen and oxygen atoms in total. The van der Waals surface area contributed by atoms with Crippen molar-refractivity contribution in [1.82, 2.24) is 4.90 Å². The van der Waals surface area contributed by atoms with Crippen molar-refractivity contribution in [3.8, 4) is 5.75 Å². The number of amides is 2. The Morgan fingerprint density at radius 2 is 2.17 bits per heavy atom. The van der Waals surface area contributed by atoms with Crippen molar-refractivity contribution < 1.29 is 18.7 Å². The molecule has 0 saturated heterocycles. The monoisotopic (exact) mass is 343 g/mol. The van der Waals surface area contributed by atoms with Crippen molar-refractivity contribution in [1.29, 1.82) is 0 Å². The fourth-order valence-corrected chi connectivity index (χ4v) is 2.25. The van der Waals surface area contributed by atoms with Gasteiger partial charge in [-0.3, -0.25) is 9.59 Å². The standard InChI is InChI=1S/C15H18FN3O3.ClH/c16-6-10(7-17)9-22-12-1-2-13-11(5-12)3-4-19(15(13)21)8-14(18)20;/h1-2,5-6H,3-4,7-9,17H2,(H2,18,20);1H/b10-6+;. The van der Waals surface area contributed by atoms with Gasteiger partial charge < -0.3 is 21.1 Å². The molecule has 2 rings (SSSR count). The quantitative estimate of drug-likeness (QED) is 0.797. The summed E-state index contributed by atoms with van der Waals surface area (Å²) in [6.07, 6.45) is 1.04. The molecular formula is C15H19ClFN3O3. The Labute approximate surface area is 139 Å². The smallest absolute Gasteiger partial charge is 0.254 e. The number of ether oxygens (including phenoxy) is 1. The molecule has 0 fully saturated rings. The van der Waals surface area contributed by atoms with Gasteiger partial charge in [0.15, 0.2) is 0 Å². The highest BCUT2D eigenvalue weighted by molar-refractivity contribution is 5.98. The number of nitrogens with two attached hydrogens (primary N) is 2. The molecule has 0 aliphatic carbocycles. The highest BCUT2D eigenvalue weighted by atomic mass is 35.5. The lowest BCUT2D eigenvalue weighted by Crippen LogP contribution is -2.42. The number of fused-ring (bicyclic) bond motifs is 1. The van der Waals surface area contributed by atoms with Crippen LogP contribution in [0.25, 0.3) is 0 Å². The van der Waals surface area contributed by atoms with Crippen LogP contribution in [0.5, 0.6) is 5.75 Å². The van der Waals surface area contributed by atoms with E-state index in [0.717, 1.165) is 5.56 Å². The van der Waals surface area contributed by atoms with Crippen molar-refractivity contribution in [3.05, 3.63) is 41.2 Å². The lowest BCUT2D eigenvalue weighted by atomic mass is 9.98. The number of primary amides is 1. The van der Waals surface area contributed by atoms with E-state index in [1.54, 1.807) is 18.2 Å². The van der Waals surface area contributed by atoms with Gasteiger partial charge in [-0.1, -0.05) is 0 Å². The number of nitrogens with zero attached hydrogens (tertiary/aromatic N) is 1. The SMILES string of the molecule is Cl.NC/C(=C\F)COc1ccc2c(c1)CCN(CC(N)=O)C2=O. The maximum absolute atomic E-state index is 12.4. The molecule has 0 saturated carbocycles. The van der Waals surface area contributed by atoms with E-state index in [0.29, 0.717) is 36.2 Å². The summed E-state index contributed by atoms with van der Waals surface area (Å²) in [5.74, 6) is -0.218. The lowest BCUT2D eigenvalue weighted by Gasteiger charge is -2.27.